The Morgan fingerprint density at radius 1 is 1.21 bits per heavy atom. The lowest BCUT2D eigenvalue weighted by Gasteiger charge is -2.24. The molecule has 0 fully saturated rings. The van der Waals surface area contributed by atoms with Gasteiger partial charge >= 0.3 is 0 Å². The second-order valence-electron chi connectivity index (χ2n) is 8.50. The number of hydrogen-bond acceptors (Lipinski definition) is 4. The van der Waals surface area contributed by atoms with Crippen molar-refractivity contribution in [3.8, 4) is 5.75 Å². The van der Waals surface area contributed by atoms with Gasteiger partial charge in [-0.15, -0.1) is 0 Å². The van der Waals surface area contributed by atoms with E-state index in [1.807, 2.05) is 34.9 Å². The monoisotopic (exact) mass is 466 g/mol. The summed E-state index contributed by atoms with van der Waals surface area (Å²) in [6.45, 7) is 0.145. The lowest BCUT2D eigenvalue weighted by molar-refractivity contribution is -0.122. The maximum atomic E-state index is 13.0. The van der Waals surface area contributed by atoms with Gasteiger partial charge in [0.25, 0.3) is 0 Å². The Bertz CT molecular complexity index is 1470. The first kappa shape index (κ1) is 21.4. The standard InChI is InChI=1S/C24H26N4O4S/c1-32-15-9-10-19-18(13-15)16-5-3-7-21(24(16)26-19)25-23(29)14-28-12-11-17-20(27-33(2,30)31)6-4-8-22(17)28/h4,6,8-13,21,26-27H,3,5,7,14H2,1-2H3,(H,25,29)/t21-/m1/s1. The maximum absolute atomic E-state index is 13.0. The third-order valence-corrected chi connectivity index (χ3v) is 6.76. The number of fused-ring (bicyclic) bond motifs is 4. The first-order valence-electron chi connectivity index (χ1n) is 10.9. The summed E-state index contributed by atoms with van der Waals surface area (Å²) in [4.78, 5) is 16.5. The van der Waals surface area contributed by atoms with Crippen LogP contribution in [0.5, 0.6) is 5.75 Å². The van der Waals surface area contributed by atoms with Gasteiger partial charge in [-0.25, -0.2) is 8.42 Å². The number of carbonyl (C=O) groups is 1. The first-order valence-corrected chi connectivity index (χ1v) is 12.7. The van der Waals surface area contributed by atoms with Crippen LogP contribution in [0.2, 0.25) is 0 Å². The summed E-state index contributed by atoms with van der Waals surface area (Å²) in [6, 6.07) is 13.1. The van der Waals surface area contributed by atoms with E-state index in [4.69, 9.17) is 4.74 Å². The van der Waals surface area contributed by atoms with Crippen molar-refractivity contribution in [1.82, 2.24) is 14.9 Å². The SMILES string of the molecule is COc1ccc2[nH]c3c(c2c1)CCC[C@H]3NC(=O)Cn1ccc2c(NS(C)(=O)=O)cccc21. The van der Waals surface area contributed by atoms with Crippen LogP contribution in [0.1, 0.15) is 30.1 Å². The highest BCUT2D eigenvalue weighted by Gasteiger charge is 2.26. The van der Waals surface area contributed by atoms with Gasteiger partial charge in [0, 0.05) is 28.2 Å². The van der Waals surface area contributed by atoms with Crippen LogP contribution in [0.4, 0.5) is 5.69 Å². The third-order valence-electron chi connectivity index (χ3n) is 6.17. The number of anilines is 1. The summed E-state index contributed by atoms with van der Waals surface area (Å²) < 4.78 is 33.1. The molecular weight excluding hydrogens is 440 g/mol. The fraction of sp³-hybridized carbons (Fsp3) is 0.292. The number of H-pyrrole nitrogens is 1. The predicted octanol–water partition coefficient (Wildman–Crippen LogP) is 3.70. The van der Waals surface area contributed by atoms with E-state index in [0.717, 1.165) is 58.8 Å². The number of carbonyl (C=O) groups excluding carboxylic acids is 1. The molecule has 5 rings (SSSR count). The molecule has 4 aromatic rings. The van der Waals surface area contributed by atoms with E-state index in [-0.39, 0.29) is 18.5 Å². The topological polar surface area (TPSA) is 105 Å². The quantitative estimate of drug-likeness (QED) is 0.403. The van der Waals surface area contributed by atoms with Crippen molar-refractivity contribution in [3.05, 3.63) is 59.9 Å². The Labute approximate surface area is 192 Å². The van der Waals surface area contributed by atoms with Gasteiger partial charge in [0.15, 0.2) is 0 Å². The minimum Gasteiger partial charge on any atom is -0.497 e. The van der Waals surface area contributed by atoms with Crippen molar-refractivity contribution in [2.24, 2.45) is 0 Å². The Kier molecular flexibility index (Phi) is 5.28. The average Bonchev–Trinajstić information content (AvgIpc) is 3.35. The molecule has 1 aliphatic carbocycles. The molecule has 0 spiro atoms. The lowest BCUT2D eigenvalue weighted by atomic mass is 9.91. The zero-order valence-electron chi connectivity index (χ0n) is 18.5. The normalized spacial score (nSPS) is 16.0. The largest absolute Gasteiger partial charge is 0.497 e. The fourth-order valence-electron chi connectivity index (χ4n) is 4.76. The number of nitrogens with zero attached hydrogens (tertiary/aromatic N) is 1. The van der Waals surface area contributed by atoms with Crippen LogP contribution in [0.25, 0.3) is 21.8 Å². The molecule has 172 valence electrons. The molecule has 8 nitrogen and oxygen atoms in total. The van der Waals surface area contributed by atoms with Crippen LogP contribution < -0.4 is 14.8 Å². The van der Waals surface area contributed by atoms with E-state index < -0.39 is 10.0 Å². The van der Waals surface area contributed by atoms with Crippen LogP contribution in [0.3, 0.4) is 0 Å². The van der Waals surface area contributed by atoms with Crippen LogP contribution in [0, 0.1) is 0 Å². The second-order valence-corrected chi connectivity index (χ2v) is 10.2. The highest BCUT2D eigenvalue weighted by Crippen LogP contribution is 2.36. The molecule has 0 bridgehead atoms. The minimum absolute atomic E-state index is 0.0797. The van der Waals surface area contributed by atoms with Crippen LogP contribution in [-0.2, 0) is 27.8 Å². The molecule has 0 radical (unpaired) electrons. The van der Waals surface area contributed by atoms with E-state index in [2.05, 4.69) is 15.0 Å². The first-order chi connectivity index (χ1) is 15.8. The zero-order valence-corrected chi connectivity index (χ0v) is 19.3. The van der Waals surface area contributed by atoms with E-state index in [1.54, 1.807) is 25.4 Å². The fourth-order valence-corrected chi connectivity index (χ4v) is 5.34. The Balaban J connectivity index is 1.37. The number of amides is 1. The van der Waals surface area contributed by atoms with Crippen LogP contribution in [0.15, 0.2) is 48.7 Å². The van der Waals surface area contributed by atoms with E-state index in [9.17, 15) is 13.2 Å². The van der Waals surface area contributed by atoms with Crippen molar-refractivity contribution in [2.75, 3.05) is 18.1 Å². The zero-order chi connectivity index (χ0) is 23.2. The van der Waals surface area contributed by atoms with Crippen molar-refractivity contribution in [3.63, 3.8) is 0 Å². The lowest BCUT2D eigenvalue weighted by Crippen LogP contribution is -2.33. The third kappa shape index (κ3) is 4.16. The highest BCUT2D eigenvalue weighted by molar-refractivity contribution is 7.92. The van der Waals surface area contributed by atoms with Crippen molar-refractivity contribution in [1.29, 1.82) is 0 Å². The van der Waals surface area contributed by atoms with E-state index in [1.165, 1.54) is 5.56 Å². The molecule has 1 atom stereocenters. The van der Waals surface area contributed by atoms with Gasteiger partial charge in [-0.1, -0.05) is 6.07 Å². The van der Waals surface area contributed by atoms with Gasteiger partial charge in [-0.05, 0) is 61.2 Å². The number of aryl methyl sites for hydroxylation is 1. The summed E-state index contributed by atoms with van der Waals surface area (Å²) >= 11 is 0. The van der Waals surface area contributed by atoms with Crippen LogP contribution in [-0.4, -0.2) is 37.2 Å². The summed E-state index contributed by atoms with van der Waals surface area (Å²) in [5.41, 5.74) is 4.64. The smallest absolute Gasteiger partial charge is 0.240 e. The van der Waals surface area contributed by atoms with Crippen molar-refractivity contribution >= 4 is 43.4 Å². The Hall–Kier alpha value is -3.46. The molecule has 2 heterocycles. The Morgan fingerprint density at radius 2 is 2.06 bits per heavy atom. The van der Waals surface area contributed by atoms with Gasteiger partial charge in [-0.2, -0.15) is 0 Å². The van der Waals surface area contributed by atoms with Crippen LogP contribution >= 0.6 is 0 Å². The molecule has 3 N–H and O–H groups in total. The van der Waals surface area contributed by atoms with E-state index in [0.29, 0.717) is 5.69 Å². The molecular formula is C24H26N4O4S. The average molecular weight is 467 g/mol. The summed E-state index contributed by atoms with van der Waals surface area (Å²) in [6.07, 6.45) is 5.76. The molecule has 9 heteroatoms. The van der Waals surface area contributed by atoms with Gasteiger partial charge < -0.3 is 19.6 Å². The number of aromatic amines is 1. The maximum Gasteiger partial charge on any atom is 0.240 e. The molecule has 33 heavy (non-hydrogen) atoms. The van der Waals surface area contributed by atoms with E-state index >= 15 is 0 Å². The molecule has 0 unspecified atom stereocenters. The number of sulfonamides is 1. The number of hydrogen-bond donors (Lipinski definition) is 3. The molecule has 2 aromatic carbocycles. The van der Waals surface area contributed by atoms with Gasteiger partial charge in [0.2, 0.25) is 15.9 Å². The van der Waals surface area contributed by atoms with Gasteiger partial charge in [0.1, 0.15) is 12.3 Å². The summed E-state index contributed by atoms with van der Waals surface area (Å²) in [5.74, 6) is 0.725. The predicted molar refractivity (Wildman–Crippen MR) is 129 cm³/mol. The molecule has 0 saturated carbocycles. The molecule has 0 saturated heterocycles. The van der Waals surface area contributed by atoms with Crippen molar-refractivity contribution < 1.29 is 17.9 Å². The summed E-state index contributed by atoms with van der Waals surface area (Å²) in [7, 11) is -1.73. The number of ether oxygens (including phenoxy) is 1. The van der Waals surface area contributed by atoms with Crippen molar-refractivity contribution in [2.45, 2.75) is 31.8 Å². The van der Waals surface area contributed by atoms with Gasteiger partial charge in [0.05, 0.1) is 30.6 Å². The molecule has 0 aliphatic heterocycles. The summed E-state index contributed by atoms with van der Waals surface area (Å²) in [5, 5.41) is 5.08. The number of methoxy groups -OCH3 is 1. The number of benzene rings is 2. The molecule has 2 aromatic heterocycles. The molecule has 1 amide bonds. The number of rotatable bonds is 6. The Morgan fingerprint density at radius 3 is 2.85 bits per heavy atom. The second kappa shape index (κ2) is 8.15. The number of aromatic nitrogens is 2. The van der Waals surface area contributed by atoms with Gasteiger partial charge in [-0.3, -0.25) is 9.52 Å². The molecule has 1 aliphatic rings. The number of nitrogens with one attached hydrogen (secondary N) is 3. The minimum atomic E-state index is -3.40. The highest BCUT2D eigenvalue weighted by atomic mass is 32.2.